The van der Waals surface area contributed by atoms with E-state index < -0.39 is 10.0 Å². The fraction of sp³-hybridized carbons (Fsp3) is 0.478. The lowest BCUT2D eigenvalue weighted by molar-refractivity contribution is 0.359. The summed E-state index contributed by atoms with van der Waals surface area (Å²) in [6, 6.07) is 13.9. The van der Waals surface area contributed by atoms with Crippen LogP contribution in [0.4, 0.5) is 0 Å². The smallest absolute Gasteiger partial charge is 0.240 e. The van der Waals surface area contributed by atoms with Gasteiger partial charge in [0.15, 0.2) is 0 Å². The van der Waals surface area contributed by atoms with E-state index in [2.05, 4.69) is 29.1 Å². The quantitative estimate of drug-likeness (QED) is 0.655. The molecule has 1 aliphatic rings. The molecular formula is C23H32N2O3S. The van der Waals surface area contributed by atoms with E-state index in [1.165, 1.54) is 11.1 Å². The fourth-order valence-electron chi connectivity index (χ4n) is 4.00. The van der Waals surface area contributed by atoms with Gasteiger partial charge in [-0.25, -0.2) is 13.1 Å². The lowest BCUT2D eigenvalue weighted by Crippen LogP contribution is -2.43. The highest BCUT2D eigenvalue weighted by Crippen LogP contribution is 2.29. The van der Waals surface area contributed by atoms with Crippen LogP contribution in [0.25, 0.3) is 0 Å². The van der Waals surface area contributed by atoms with Crippen LogP contribution in [-0.4, -0.2) is 34.2 Å². The van der Waals surface area contributed by atoms with Gasteiger partial charge in [0, 0.05) is 18.6 Å². The molecule has 0 bridgehead atoms. The highest BCUT2D eigenvalue weighted by atomic mass is 32.2. The molecule has 29 heavy (non-hydrogen) atoms. The zero-order valence-electron chi connectivity index (χ0n) is 17.6. The SMILES string of the molecule is CCC(CCNS(=O)(=O)c1ccc(C)cc1)NC1CCc2cccc(OC)c2C1. The second-order valence-electron chi connectivity index (χ2n) is 7.81. The van der Waals surface area contributed by atoms with Crippen LogP contribution in [0.5, 0.6) is 5.75 Å². The van der Waals surface area contributed by atoms with Crippen molar-refractivity contribution in [1.29, 1.82) is 0 Å². The Bertz CT molecular complexity index is 896. The maximum Gasteiger partial charge on any atom is 0.240 e. The van der Waals surface area contributed by atoms with E-state index in [0.717, 1.165) is 43.4 Å². The lowest BCUT2D eigenvalue weighted by Gasteiger charge is -2.30. The first-order valence-corrected chi connectivity index (χ1v) is 11.9. The first-order valence-electron chi connectivity index (χ1n) is 10.4. The lowest BCUT2D eigenvalue weighted by atomic mass is 9.87. The Kier molecular flexibility index (Phi) is 7.33. The molecule has 6 heteroatoms. The van der Waals surface area contributed by atoms with Gasteiger partial charge in [0.1, 0.15) is 5.75 Å². The molecule has 3 rings (SSSR count). The van der Waals surface area contributed by atoms with Crippen LogP contribution in [0.3, 0.4) is 0 Å². The third-order valence-electron chi connectivity index (χ3n) is 5.74. The molecule has 2 aromatic carbocycles. The predicted molar refractivity (Wildman–Crippen MR) is 117 cm³/mol. The zero-order valence-corrected chi connectivity index (χ0v) is 18.4. The van der Waals surface area contributed by atoms with Gasteiger partial charge in [-0.3, -0.25) is 0 Å². The van der Waals surface area contributed by atoms with E-state index >= 15 is 0 Å². The van der Waals surface area contributed by atoms with Crippen molar-refractivity contribution < 1.29 is 13.2 Å². The molecule has 0 amide bonds. The van der Waals surface area contributed by atoms with Gasteiger partial charge in [0.05, 0.1) is 12.0 Å². The van der Waals surface area contributed by atoms with Gasteiger partial charge in [-0.1, -0.05) is 36.8 Å². The number of hydrogen-bond donors (Lipinski definition) is 2. The van der Waals surface area contributed by atoms with Gasteiger partial charge in [0.25, 0.3) is 0 Å². The van der Waals surface area contributed by atoms with E-state index in [1.54, 1.807) is 19.2 Å². The summed E-state index contributed by atoms with van der Waals surface area (Å²) in [4.78, 5) is 0.320. The highest BCUT2D eigenvalue weighted by molar-refractivity contribution is 7.89. The Labute approximate surface area is 174 Å². The van der Waals surface area contributed by atoms with E-state index in [-0.39, 0.29) is 6.04 Å². The number of sulfonamides is 1. The molecule has 0 spiro atoms. The van der Waals surface area contributed by atoms with Gasteiger partial charge in [0.2, 0.25) is 10.0 Å². The molecule has 0 heterocycles. The highest BCUT2D eigenvalue weighted by Gasteiger charge is 2.23. The molecule has 0 radical (unpaired) electrons. The molecule has 0 aromatic heterocycles. The first-order chi connectivity index (χ1) is 13.9. The van der Waals surface area contributed by atoms with E-state index in [0.29, 0.717) is 17.5 Å². The number of nitrogens with one attached hydrogen (secondary N) is 2. The molecule has 0 aliphatic heterocycles. The van der Waals surface area contributed by atoms with Crippen molar-refractivity contribution in [3.05, 3.63) is 59.2 Å². The summed E-state index contributed by atoms with van der Waals surface area (Å²) in [5.41, 5.74) is 3.72. The minimum absolute atomic E-state index is 0.275. The first kappa shape index (κ1) is 21.8. The molecule has 0 fully saturated rings. The third-order valence-corrected chi connectivity index (χ3v) is 7.22. The van der Waals surface area contributed by atoms with Crippen LogP contribution in [0.2, 0.25) is 0 Å². The Balaban J connectivity index is 1.54. The van der Waals surface area contributed by atoms with Crippen LogP contribution in [0.1, 0.15) is 42.9 Å². The van der Waals surface area contributed by atoms with Crippen LogP contribution < -0.4 is 14.8 Å². The number of fused-ring (bicyclic) bond motifs is 1. The van der Waals surface area contributed by atoms with Crippen LogP contribution in [-0.2, 0) is 22.9 Å². The molecule has 0 saturated carbocycles. The van der Waals surface area contributed by atoms with Crippen molar-refractivity contribution in [1.82, 2.24) is 10.0 Å². The maximum absolute atomic E-state index is 12.5. The van der Waals surface area contributed by atoms with E-state index in [1.807, 2.05) is 25.1 Å². The minimum Gasteiger partial charge on any atom is -0.496 e. The molecule has 1 aliphatic carbocycles. The maximum atomic E-state index is 12.5. The van der Waals surface area contributed by atoms with Crippen LogP contribution >= 0.6 is 0 Å². The summed E-state index contributed by atoms with van der Waals surface area (Å²) >= 11 is 0. The average Bonchev–Trinajstić information content (AvgIpc) is 2.72. The van der Waals surface area contributed by atoms with Gasteiger partial charge in [-0.2, -0.15) is 0 Å². The Morgan fingerprint density at radius 1 is 1.17 bits per heavy atom. The van der Waals surface area contributed by atoms with Crippen LogP contribution in [0, 0.1) is 6.92 Å². The number of methoxy groups -OCH3 is 1. The molecule has 2 atom stereocenters. The van der Waals surface area contributed by atoms with Gasteiger partial charge < -0.3 is 10.1 Å². The van der Waals surface area contributed by atoms with Gasteiger partial charge >= 0.3 is 0 Å². The number of benzene rings is 2. The molecule has 5 nitrogen and oxygen atoms in total. The molecule has 2 N–H and O–H groups in total. The normalized spacial score (nSPS) is 17.6. The second-order valence-corrected chi connectivity index (χ2v) is 9.58. The van der Waals surface area contributed by atoms with Crippen molar-refractivity contribution in [2.45, 2.75) is 62.9 Å². The van der Waals surface area contributed by atoms with Crippen LogP contribution in [0.15, 0.2) is 47.4 Å². The summed E-state index contributed by atoms with van der Waals surface area (Å²) < 4.78 is 33.2. The number of ether oxygens (including phenoxy) is 1. The van der Waals surface area contributed by atoms with Gasteiger partial charge in [-0.05, 0) is 68.4 Å². The number of hydrogen-bond acceptors (Lipinski definition) is 4. The molecular weight excluding hydrogens is 384 g/mol. The third kappa shape index (κ3) is 5.59. The minimum atomic E-state index is -3.46. The average molecular weight is 417 g/mol. The Hall–Kier alpha value is -1.89. The standard InChI is InChI=1S/C23H32N2O3S/c1-4-19(14-15-24-29(26,27)21-12-8-17(2)9-13-21)25-20-11-10-18-6-5-7-23(28-3)22(18)16-20/h5-9,12-13,19-20,24-25H,4,10-11,14-16H2,1-3H3. The number of aryl methyl sites for hydroxylation is 2. The zero-order chi connectivity index (χ0) is 20.9. The number of rotatable bonds is 9. The predicted octanol–water partition coefficient (Wildman–Crippen LogP) is 3.60. The summed E-state index contributed by atoms with van der Waals surface area (Å²) in [6.07, 6.45) is 4.80. The summed E-state index contributed by atoms with van der Waals surface area (Å²) in [5.74, 6) is 0.966. The van der Waals surface area contributed by atoms with Crippen molar-refractivity contribution in [3.63, 3.8) is 0 Å². The topological polar surface area (TPSA) is 67.4 Å². The molecule has 2 unspecified atom stereocenters. The van der Waals surface area contributed by atoms with Crippen molar-refractivity contribution in [3.8, 4) is 5.75 Å². The van der Waals surface area contributed by atoms with Crippen molar-refractivity contribution in [2.75, 3.05) is 13.7 Å². The van der Waals surface area contributed by atoms with Gasteiger partial charge in [-0.15, -0.1) is 0 Å². The molecule has 2 aromatic rings. The van der Waals surface area contributed by atoms with E-state index in [9.17, 15) is 8.42 Å². The molecule has 0 saturated heterocycles. The van der Waals surface area contributed by atoms with E-state index in [4.69, 9.17) is 4.74 Å². The molecule has 158 valence electrons. The summed E-state index contributed by atoms with van der Waals surface area (Å²) in [7, 11) is -1.73. The summed E-state index contributed by atoms with van der Waals surface area (Å²) in [6.45, 7) is 4.51. The fourth-order valence-corrected chi connectivity index (χ4v) is 5.04. The second kappa shape index (κ2) is 9.74. The largest absolute Gasteiger partial charge is 0.496 e. The monoisotopic (exact) mass is 416 g/mol. The Morgan fingerprint density at radius 2 is 1.93 bits per heavy atom. The van der Waals surface area contributed by atoms with Crippen molar-refractivity contribution >= 4 is 10.0 Å². The Morgan fingerprint density at radius 3 is 2.62 bits per heavy atom. The van der Waals surface area contributed by atoms with Crippen molar-refractivity contribution in [2.24, 2.45) is 0 Å². The summed E-state index contributed by atoms with van der Waals surface area (Å²) in [5, 5.41) is 3.74.